The highest BCUT2D eigenvalue weighted by molar-refractivity contribution is 7.16. The number of halogens is 1. The number of nitrogens with zero attached hydrogens (tertiary/aromatic N) is 1. The zero-order chi connectivity index (χ0) is 17.0. The molecule has 0 bridgehead atoms. The van der Waals surface area contributed by atoms with Crippen LogP contribution < -0.4 is 5.32 Å². The number of nitriles is 1. The average Bonchev–Trinajstić information content (AvgIpc) is 2.88. The first kappa shape index (κ1) is 18.3. The average molecular weight is 353 g/mol. The van der Waals surface area contributed by atoms with Gasteiger partial charge in [-0.15, -0.1) is 22.9 Å². The molecular weight excluding hydrogens is 328 g/mol. The van der Waals surface area contributed by atoms with Crippen molar-refractivity contribution in [2.45, 2.75) is 59.3 Å². The van der Waals surface area contributed by atoms with E-state index in [9.17, 15) is 10.1 Å². The molecule has 3 nitrogen and oxygen atoms in total. The molecule has 0 spiro atoms. The molecule has 0 radical (unpaired) electrons. The molecule has 1 aromatic rings. The maximum atomic E-state index is 11.9. The van der Waals surface area contributed by atoms with Crippen molar-refractivity contribution < 1.29 is 4.79 Å². The van der Waals surface area contributed by atoms with Crippen LogP contribution in [0.5, 0.6) is 0 Å². The van der Waals surface area contributed by atoms with Crippen molar-refractivity contribution in [2.24, 2.45) is 11.3 Å². The van der Waals surface area contributed by atoms with Gasteiger partial charge in [0.15, 0.2) is 0 Å². The Hall–Kier alpha value is -1.05. The fraction of sp³-hybridized carbons (Fsp3) is 0.667. The molecule has 5 heteroatoms. The third-order valence-corrected chi connectivity index (χ3v) is 6.62. The lowest BCUT2D eigenvalue weighted by Gasteiger charge is -2.36. The van der Waals surface area contributed by atoms with Crippen molar-refractivity contribution in [2.75, 3.05) is 11.2 Å². The van der Waals surface area contributed by atoms with Gasteiger partial charge in [-0.25, -0.2) is 0 Å². The fourth-order valence-corrected chi connectivity index (χ4v) is 4.59. The SMILES string of the molecule is CCC(C)(C)C1CCc2c(sc(NC(=O)CCCCl)c2C#N)C1. The molecule has 1 unspecified atom stereocenters. The third kappa shape index (κ3) is 4.08. The van der Waals surface area contributed by atoms with E-state index in [0.29, 0.717) is 35.6 Å². The number of thiophene rings is 1. The highest BCUT2D eigenvalue weighted by atomic mass is 35.5. The summed E-state index contributed by atoms with van der Waals surface area (Å²) in [5, 5.41) is 13.2. The van der Waals surface area contributed by atoms with Gasteiger partial charge >= 0.3 is 0 Å². The van der Waals surface area contributed by atoms with Crippen LogP contribution in [0.2, 0.25) is 0 Å². The molecular formula is C18H25ClN2OS. The lowest BCUT2D eigenvalue weighted by atomic mass is 9.69. The first-order valence-corrected chi connectivity index (χ1v) is 9.68. The molecule has 1 heterocycles. The Morgan fingerprint density at radius 1 is 1.52 bits per heavy atom. The Kier molecular flexibility index (Phi) is 6.11. The van der Waals surface area contributed by atoms with Gasteiger partial charge in [0, 0.05) is 17.2 Å². The van der Waals surface area contributed by atoms with Crippen molar-refractivity contribution in [3.8, 4) is 6.07 Å². The number of carbonyl (C=O) groups is 1. The van der Waals surface area contributed by atoms with Crippen molar-refractivity contribution in [3.05, 3.63) is 16.0 Å². The summed E-state index contributed by atoms with van der Waals surface area (Å²) in [5.41, 5.74) is 2.16. The Balaban J connectivity index is 2.20. The van der Waals surface area contributed by atoms with Crippen LogP contribution in [-0.2, 0) is 17.6 Å². The van der Waals surface area contributed by atoms with Crippen LogP contribution in [0.25, 0.3) is 0 Å². The van der Waals surface area contributed by atoms with Crippen LogP contribution in [0.3, 0.4) is 0 Å². The molecule has 0 saturated carbocycles. The molecule has 1 aromatic heterocycles. The quantitative estimate of drug-likeness (QED) is 0.722. The molecule has 1 amide bonds. The number of nitrogens with one attached hydrogen (secondary N) is 1. The van der Waals surface area contributed by atoms with E-state index in [1.165, 1.54) is 4.88 Å². The molecule has 1 aliphatic carbocycles. The van der Waals surface area contributed by atoms with Gasteiger partial charge in [0.05, 0.1) is 5.56 Å². The number of alkyl halides is 1. The molecule has 0 saturated heterocycles. The molecule has 126 valence electrons. The van der Waals surface area contributed by atoms with E-state index >= 15 is 0 Å². The van der Waals surface area contributed by atoms with E-state index in [4.69, 9.17) is 11.6 Å². The van der Waals surface area contributed by atoms with Gasteiger partial charge in [-0.2, -0.15) is 5.26 Å². The van der Waals surface area contributed by atoms with E-state index in [0.717, 1.165) is 36.2 Å². The summed E-state index contributed by atoms with van der Waals surface area (Å²) in [4.78, 5) is 13.2. The maximum Gasteiger partial charge on any atom is 0.225 e. The first-order chi connectivity index (χ1) is 10.9. The molecule has 1 aliphatic rings. The summed E-state index contributed by atoms with van der Waals surface area (Å²) >= 11 is 7.22. The van der Waals surface area contributed by atoms with Crippen LogP contribution in [0.1, 0.15) is 62.5 Å². The largest absolute Gasteiger partial charge is 0.317 e. The highest BCUT2D eigenvalue weighted by Gasteiger charge is 2.34. The van der Waals surface area contributed by atoms with Crippen LogP contribution in [0.15, 0.2) is 0 Å². The van der Waals surface area contributed by atoms with Gasteiger partial charge in [0.1, 0.15) is 11.1 Å². The Morgan fingerprint density at radius 2 is 2.26 bits per heavy atom. The third-order valence-electron chi connectivity index (χ3n) is 5.18. The second-order valence-electron chi connectivity index (χ2n) is 6.94. The fourth-order valence-electron chi connectivity index (χ4n) is 3.16. The number of anilines is 1. The van der Waals surface area contributed by atoms with Crippen LogP contribution in [0.4, 0.5) is 5.00 Å². The minimum Gasteiger partial charge on any atom is -0.317 e. The number of hydrogen-bond donors (Lipinski definition) is 1. The summed E-state index contributed by atoms with van der Waals surface area (Å²) in [7, 11) is 0. The number of fused-ring (bicyclic) bond motifs is 1. The van der Waals surface area contributed by atoms with Gasteiger partial charge < -0.3 is 5.32 Å². The summed E-state index contributed by atoms with van der Waals surface area (Å²) in [5.74, 6) is 1.07. The van der Waals surface area contributed by atoms with Crippen molar-refractivity contribution in [1.29, 1.82) is 5.26 Å². The standard InChI is InChI=1S/C18H25ClN2OS/c1-4-18(2,3)12-7-8-13-14(11-20)17(23-15(13)10-12)21-16(22)6-5-9-19/h12H,4-10H2,1-3H3,(H,21,22). The lowest BCUT2D eigenvalue weighted by Crippen LogP contribution is -2.28. The number of amides is 1. The number of rotatable bonds is 6. The van der Waals surface area contributed by atoms with Gasteiger partial charge in [-0.1, -0.05) is 27.2 Å². The number of hydrogen-bond acceptors (Lipinski definition) is 3. The van der Waals surface area contributed by atoms with Gasteiger partial charge in [-0.05, 0) is 42.6 Å². The van der Waals surface area contributed by atoms with E-state index in [1.807, 2.05) is 0 Å². The van der Waals surface area contributed by atoms with E-state index < -0.39 is 0 Å². The zero-order valence-corrected chi connectivity index (χ0v) is 15.7. The minimum absolute atomic E-state index is 0.0498. The molecule has 1 atom stereocenters. The summed E-state index contributed by atoms with van der Waals surface area (Å²) in [6, 6.07) is 2.30. The van der Waals surface area contributed by atoms with Crippen molar-refractivity contribution in [3.63, 3.8) is 0 Å². The van der Waals surface area contributed by atoms with Crippen LogP contribution in [-0.4, -0.2) is 11.8 Å². The molecule has 23 heavy (non-hydrogen) atoms. The van der Waals surface area contributed by atoms with Gasteiger partial charge in [0.25, 0.3) is 0 Å². The highest BCUT2D eigenvalue weighted by Crippen LogP contribution is 2.45. The Labute approximate surface area is 148 Å². The predicted octanol–water partition coefficient (Wildman–Crippen LogP) is 5.12. The molecule has 0 aromatic carbocycles. The van der Waals surface area contributed by atoms with E-state index in [-0.39, 0.29) is 5.91 Å². The first-order valence-electron chi connectivity index (χ1n) is 8.33. The summed E-state index contributed by atoms with van der Waals surface area (Å²) in [6.07, 6.45) is 5.31. The summed E-state index contributed by atoms with van der Waals surface area (Å²) in [6.45, 7) is 6.90. The predicted molar refractivity (Wildman–Crippen MR) is 97.2 cm³/mol. The van der Waals surface area contributed by atoms with E-state index in [2.05, 4.69) is 32.2 Å². The monoisotopic (exact) mass is 352 g/mol. The van der Waals surface area contributed by atoms with Crippen molar-refractivity contribution >= 4 is 33.8 Å². The molecule has 0 fully saturated rings. The topological polar surface area (TPSA) is 52.9 Å². The van der Waals surface area contributed by atoms with Crippen LogP contribution in [0, 0.1) is 22.7 Å². The Bertz CT molecular complexity index is 615. The smallest absolute Gasteiger partial charge is 0.225 e. The normalized spacial score (nSPS) is 17.4. The van der Waals surface area contributed by atoms with E-state index in [1.54, 1.807) is 11.3 Å². The second kappa shape index (κ2) is 7.68. The summed E-state index contributed by atoms with van der Waals surface area (Å²) < 4.78 is 0. The van der Waals surface area contributed by atoms with Gasteiger partial charge in [-0.3, -0.25) is 4.79 Å². The number of carbonyl (C=O) groups excluding carboxylic acids is 1. The molecule has 1 N–H and O–H groups in total. The molecule has 2 rings (SSSR count). The maximum absolute atomic E-state index is 11.9. The van der Waals surface area contributed by atoms with Crippen LogP contribution >= 0.6 is 22.9 Å². The lowest BCUT2D eigenvalue weighted by molar-refractivity contribution is -0.116. The zero-order valence-electron chi connectivity index (χ0n) is 14.2. The van der Waals surface area contributed by atoms with Gasteiger partial charge in [0.2, 0.25) is 5.91 Å². The molecule has 0 aliphatic heterocycles. The second-order valence-corrected chi connectivity index (χ2v) is 8.43. The van der Waals surface area contributed by atoms with Crippen molar-refractivity contribution in [1.82, 2.24) is 0 Å². The minimum atomic E-state index is -0.0498. The Morgan fingerprint density at radius 3 is 2.87 bits per heavy atom.